The van der Waals surface area contributed by atoms with Crippen LogP contribution in [-0.4, -0.2) is 34.6 Å². The van der Waals surface area contributed by atoms with Gasteiger partial charge in [-0.1, -0.05) is 17.7 Å². The number of aryl methyl sites for hydroxylation is 2. The number of nitrogens with zero attached hydrogens (tertiary/aromatic N) is 2. The van der Waals surface area contributed by atoms with Crippen molar-refractivity contribution in [1.82, 2.24) is 15.1 Å². The molecule has 0 bridgehead atoms. The van der Waals surface area contributed by atoms with Crippen LogP contribution in [0.4, 0.5) is 4.39 Å². The molecule has 23 heavy (non-hydrogen) atoms. The molecule has 0 saturated heterocycles. The Morgan fingerprint density at radius 2 is 2.09 bits per heavy atom. The molecule has 2 rings (SSSR count). The number of hydrogen-bond acceptors (Lipinski definition) is 2. The first-order valence-electron chi connectivity index (χ1n) is 7.57. The van der Waals surface area contributed by atoms with Crippen molar-refractivity contribution >= 4 is 17.5 Å². The second-order valence-corrected chi connectivity index (χ2v) is 6.12. The van der Waals surface area contributed by atoms with Crippen molar-refractivity contribution in [3.63, 3.8) is 0 Å². The zero-order valence-electron chi connectivity index (χ0n) is 13.6. The highest BCUT2D eigenvalue weighted by atomic mass is 35.5. The minimum absolute atomic E-state index is 0.0221. The molecular formula is C17H21ClFN3O. The highest BCUT2D eigenvalue weighted by Crippen LogP contribution is 2.20. The molecule has 0 aliphatic carbocycles. The number of amides is 1. The van der Waals surface area contributed by atoms with E-state index in [0.717, 1.165) is 24.2 Å². The summed E-state index contributed by atoms with van der Waals surface area (Å²) in [5, 5.41) is 7.41. The average molecular weight is 338 g/mol. The van der Waals surface area contributed by atoms with Crippen LogP contribution in [0.15, 0.2) is 18.2 Å². The van der Waals surface area contributed by atoms with Crippen molar-refractivity contribution in [1.29, 1.82) is 0 Å². The van der Waals surface area contributed by atoms with Crippen LogP contribution in [0, 0.1) is 19.7 Å². The lowest BCUT2D eigenvalue weighted by Crippen LogP contribution is -2.29. The fourth-order valence-electron chi connectivity index (χ4n) is 2.55. The minimum atomic E-state index is -0.441. The van der Waals surface area contributed by atoms with E-state index in [2.05, 4.69) is 10.2 Å². The quantitative estimate of drug-likeness (QED) is 0.877. The van der Waals surface area contributed by atoms with Crippen LogP contribution in [0.25, 0.3) is 0 Å². The van der Waals surface area contributed by atoms with Crippen LogP contribution in [0.1, 0.15) is 28.9 Å². The normalized spacial score (nSPS) is 10.8. The van der Waals surface area contributed by atoms with Crippen LogP contribution in [-0.2, 0) is 17.6 Å². The van der Waals surface area contributed by atoms with E-state index in [0.29, 0.717) is 6.54 Å². The molecule has 4 nitrogen and oxygen atoms in total. The number of aromatic nitrogens is 2. The van der Waals surface area contributed by atoms with Gasteiger partial charge in [0, 0.05) is 29.9 Å². The van der Waals surface area contributed by atoms with Crippen LogP contribution in [0.2, 0.25) is 5.02 Å². The Bertz CT molecular complexity index is 659. The maximum absolute atomic E-state index is 13.7. The molecule has 1 N–H and O–H groups in total. The SMILES string of the molecule is Cc1n[nH]c(C)c1CCCN(C)C(=O)Cc1c(F)cccc1Cl. The van der Waals surface area contributed by atoms with Gasteiger partial charge >= 0.3 is 0 Å². The maximum atomic E-state index is 13.7. The van der Waals surface area contributed by atoms with Crippen molar-refractivity contribution in [2.75, 3.05) is 13.6 Å². The molecule has 0 radical (unpaired) electrons. The summed E-state index contributed by atoms with van der Waals surface area (Å²) < 4.78 is 13.7. The molecule has 0 fully saturated rings. The predicted octanol–water partition coefficient (Wildman–Crippen LogP) is 3.45. The lowest BCUT2D eigenvalue weighted by molar-refractivity contribution is -0.129. The maximum Gasteiger partial charge on any atom is 0.226 e. The van der Waals surface area contributed by atoms with E-state index in [1.165, 1.54) is 17.7 Å². The number of nitrogens with one attached hydrogen (secondary N) is 1. The molecule has 1 heterocycles. The van der Waals surface area contributed by atoms with Crippen molar-refractivity contribution in [2.45, 2.75) is 33.1 Å². The standard InChI is InChI=1S/C17H21ClFN3O/c1-11-13(12(2)21-20-11)6-5-9-22(3)17(23)10-14-15(18)7-4-8-16(14)19/h4,7-8H,5-6,9-10H2,1-3H3,(H,20,21). The van der Waals surface area contributed by atoms with Gasteiger partial charge in [0.05, 0.1) is 12.1 Å². The zero-order valence-corrected chi connectivity index (χ0v) is 14.4. The second-order valence-electron chi connectivity index (χ2n) is 5.71. The summed E-state index contributed by atoms with van der Waals surface area (Å²) >= 11 is 5.96. The van der Waals surface area contributed by atoms with E-state index >= 15 is 0 Å². The Morgan fingerprint density at radius 1 is 1.35 bits per heavy atom. The van der Waals surface area contributed by atoms with Crippen LogP contribution in [0.5, 0.6) is 0 Å². The summed E-state index contributed by atoms with van der Waals surface area (Å²) in [4.78, 5) is 13.8. The summed E-state index contributed by atoms with van der Waals surface area (Å²) in [7, 11) is 1.73. The lowest BCUT2D eigenvalue weighted by Gasteiger charge is -2.18. The Morgan fingerprint density at radius 3 is 2.70 bits per heavy atom. The molecule has 1 amide bonds. The Labute approximate surface area is 140 Å². The third kappa shape index (κ3) is 4.32. The molecule has 2 aromatic rings. The minimum Gasteiger partial charge on any atom is -0.345 e. The first-order valence-corrected chi connectivity index (χ1v) is 7.95. The smallest absolute Gasteiger partial charge is 0.226 e. The molecule has 6 heteroatoms. The summed E-state index contributed by atoms with van der Waals surface area (Å²) in [6.45, 7) is 4.56. The predicted molar refractivity (Wildman–Crippen MR) is 89.1 cm³/mol. The molecule has 0 spiro atoms. The van der Waals surface area contributed by atoms with Crippen LogP contribution >= 0.6 is 11.6 Å². The van der Waals surface area contributed by atoms with Gasteiger partial charge in [-0.15, -0.1) is 0 Å². The molecule has 0 saturated carbocycles. The molecule has 0 unspecified atom stereocenters. The first-order chi connectivity index (χ1) is 10.9. The van der Waals surface area contributed by atoms with Gasteiger partial charge in [-0.2, -0.15) is 5.10 Å². The average Bonchev–Trinajstić information content (AvgIpc) is 2.82. The topological polar surface area (TPSA) is 49.0 Å². The van der Waals surface area contributed by atoms with Crippen LogP contribution < -0.4 is 0 Å². The highest BCUT2D eigenvalue weighted by molar-refractivity contribution is 6.31. The molecule has 1 aromatic heterocycles. The van der Waals surface area contributed by atoms with Crippen LogP contribution in [0.3, 0.4) is 0 Å². The molecule has 1 aromatic carbocycles. The largest absolute Gasteiger partial charge is 0.345 e. The van der Waals surface area contributed by atoms with Gasteiger partial charge in [0.25, 0.3) is 0 Å². The summed E-state index contributed by atoms with van der Waals surface area (Å²) in [5.41, 5.74) is 3.51. The Hall–Kier alpha value is -1.88. The highest BCUT2D eigenvalue weighted by Gasteiger charge is 2.15. The Balaban J connectivity index is 1.88. The number of carbonyl (C=O) groups excluding carboxylic acids is 1. The van der Waals surface area contributed by atoms with Gasteiger partial charge in [-0.25, -0.2) is 4.39 Å². The fourth-order valence-corrected chi connectivity index (χ4v) is 2.78. The lowest BCUT2D eigenvalue weighted by atomic mass is 10.1. The summed E-state index contributed by atoms with van der Waals surface area (Å²) in [6, 6.07) is 4.45. The number of halogens is 2. The van der Waals surface area contributed by atoms with Gasteiger partial charge in [0.15, 0.2) is 0 Å². The Kier molecular flexibility index (Phi) is 5.77. The van der Waals surface area contributed by atoms with E-state index in [4.69, 9.17) is 11.6 Å². The number of benzene rings is 1. The van der Waals surface area contributed by atoms with E-state index in [1.54, 1.807) is 18.0 Å². The number of likely N-dealkylation sites (N-methyl/N-ethyl adjacent to an activating group) is 1. The van der Waals surface area contributed by atoms with Crippen molar-refractivity contribution in [2.24, 2.45) is 0 Å². The number of carbonyl (C=O) groups is 1. The van der Waals surface area contributed by atoms with Gasteiger partial charge in [0.1, 0.15) is 5.82 Å². The fraction of sp³-hybridized carbons (Fsp3) is 0.412. The van der Waals surface area contributed by atoms with Gasteiger partial charge < -0.3 is 4.90 Å². The monoisotopic (exact) mass is 337 g/mol. The van der Waals surface area contributed by atoms with E-state index < -0.39 is 5.82 Å². The van der Waals surface area contributed by atoms with Gasteiger partial charge in [-0.3, -0.25) is 9.89 Å². The molecule has 0 atom stereocenters. The van der Waals surface area contributed by atoms with E-state index in [1.807, 2.05) is 13.8 Å². The van der Waals surface area contributed by atoms with E-state index in [-0.39, 0.29) is 22.9 Å². The van der Waals surface area contributed by atoms with Crippen molar-refractivity contribution in [3.8, 4) is 0 Å². The van der Waals surface area contributed by atoms with Gasteiger partial charge in [0.2, 0.25) is 5.91 Å². The zero-order chi connectivity index (χ0) is 17.0. The van der Waals surface area contributed by atoms with Crippen molar-refractivity contribution in [3.05, 3.63) is 51.6 Å². The first kappa shape index (κ1) is 17.5. The molecular weight excluding hydrogens is 317 g/mol. The number of rotatable bonds is 6. The summed E-state index contributed by atoms with van der Waals surface area (Å²) in [5.74, 6) is -0.582. The third-order valence-corrected chi connectivity index (χ3v) is 4.37. The molecule has 0 aliphatic heterocycles. The number of aromatic amines is 1. The molecule has 124 valence electrons. The summed E-state index contributed by atoms with van der Waals surface area (Å²) in [6.07, 6.45) is 1.66. The van der Waals surface area contributed by atoms with Crippen molar-refractivity contribution < 1.29 is 9.18 Å². The number of H-pyrrole nitrogens is 1. The van der Waals surface area contributed by atoms with Gasteiger partial charge in [-0.05, 0) is 44.4 Å². The molecule has 0 aliphatic rings. The second kappa shape index (κ2) is 7.59. The van der Waals surface area contributed by atoms with E-state index in [9.17, 15) is 9.18 Å². The third-order valence-electron chi connectivity index (χ3n) is 4.02. The number of hydrogen-bond donors (Lipinski definition) is 1.